The van der Waals surface area contributed by atoms with Crippen LogP contribution in [-0.4, -0.2) is 86.7 Å². The highest BCUT2D eigenvalue weighted by Crippen LogP contribution is 2.32. The van der Waals surface area contributed by atoms with Crippen LogP contribution in [0.2, 0.25) is 0 Å². The minimum Gasteiger partial charge on any atom is -0.491 e. The summed E-state index contributed by atoms with van der Waals surface area (Å²) in [5.74, 6) is -1.81. The molecular formula is C39H53N3O9. The second-order valence-corrected chi connectivity index (χ2v) is 12.9. The van der Waals surface area contributed by atoms with Gasteiger partial charge in [0.05, 0.1) is 49.8 Å². The number of carbonyl (C=O) groups is 5. The number of nitrogens with zero attached hydrogens (tertiary/aromatic N) is 1. The third-order valence-corrected chi connectivity index (χ3v) is 8.92. The number of fused-ring (bicyclic) bond motifs is 1. The van der Waals surface area contributed by atoms with Crippen LogP contribution in [0.1, 0.15) is 110 Å². The maximum Gasteiger partial charge on any atom is 0.264 e. The number of carbonyl (C=O) groups excluding carboxylic acids is 5. The van der Waals surface area contributed by atoms with Gasteiger partial charge in [-0.15, -0.1) is 0 Å². The summed E-state index contributed by atoms with van der Waals surface area (Å²) in [5.41, 5.74) is 1.77. The third-order valence-electron chi connectivity index (χ3n) is 8.92. The predicted octanol–water partition coefficient (Wildman–Crippen LogP) is 5.62. The fourth-order valence-electron chi connectivity index (χ4n) is 6.12. The molecule has 1 fully saturated rings. The molecule has 4 rings (SSSR count). The van der Waals surface area contributed by atoms with Crippen molar-refractivity contribution in [2.45, 2.75) is 96.4 Å². The first kappa shape index (κ1) is 39.7. The molecule has 51 heavy (non-hydrogen) atoms. The molecule has 2 heterocycles. The fraction of sp³-hybridized carbons (Fsp3) is 0.564. The first-order valence-electron chi connectivity index (χ1n) is 18.5. The molecule has 2 aromatic rings. The zero-order valence-electron chi connectivity index (χ0n) is 29.9. The number of anilines is 1. The highest BCUT2D eigenvalue weighted by Gasteiger charge is 2.45. The molecule has 12 heteroatoms. The fourth-order valence-corrected chi connectivity index (χ4v) is 6.12. The van der Waals surface area contributed by atoms with Crippen molar-refractivity contribution in [3.8, 4) is 5.75 Å². The predicted molar refractivity (Wildman–Crippen MR) is 192 cm³/mol. The molecule has 0 bridgehead atoms. The smallest absolute Gasteiger partial charge is 0.264 e. The first-order chi connectivity index (χ1) is 24.9. The summed E-state index contributed by atoms with van der Waals surface area (Å²) < 4.78 is 22.5. The first-order valence-corrected chi connectivity index (χ1v) is 18.5. The van der Waals surface area contributed by atoms with E-state index < -0.39 is 29.7 Å². The van der Waals surface area contributed by atoms with Crippen LogP contribution in [0.5, 0.6) is 5.75 Å². The maximum absolute atomic E-state index is 13.2. The molecule has 0 radical (unpaired) electrons. The normalized spacial score (nSPS) is 15.6. The van der Waals surface area contributed by atoms with Crippen molar-refractivity contribution in [3.05, 3.63) is 59.2 Å². The van der Waals surface area contributed by atoms with Crippen molar-refractivity contribution in [3.63, 3.8) is 0 Å². The SMILES string of the molecule is CCCCCCCCc1ccc(OCCOCCOCCOCCCCCC(=O)Nc2cccc3c2C(=O)N(C2CCC(=O)NC2=O)C3=O)cc1. The highest BCUT2D eigenvalue weighted by molar-refractivity contribution is 6.26. The van der Waals surface area contributed by atoms with Gasteiger partial charge in [-0.05, 0) is 61.9 Å². The molecule has 5 amide bonds. The molecule has 2 N–H and O–H groups in total. The number of rotatable bonds is 25. The van der Waals surface area contributed by atoms with Crippen molar-refractivity contribution < 1.29 is 42.9 Å². The van der Waals surface area contributed by atoms with E-state index in [1.807, 2.05) is 12.1 Å². The Bertz CT molecular complexity index is 1450. The second-order valence-electron chi connectivity index (χ2n) is 12.9. The summed E-state index contributed by atoms with van der Waals surface area (Å²) in [4.78, 5) is 63.5. The van der Waals surface area contributed by atoms with Gasteiger partial charge in [-0.1, -0.05) is 63.6 Å². The standard InChI is InChI=1S/C39H53N3O9/c1-2-3-4-5-6-8-12-29-16-18-30(19-17-29)51-28-27-50-26-25-49-24-23-48-22-10-7-9-15-34(43)40-32-14-11-13-31-36(32)39(47)42(38(31)46)33-20-21-35(44)41-37(33)45/h11,13-14,16-19,33H,2-10,12,15,20-28H2,1H3,(H,40,43)(H,41,44,45). The Hall–Kier alpha value is -4.13. The average molecular weight is 708 g/mol. The van der Waals surface area contributed by atoms with Crippen molar-refractivity contribution in [2.24, 2.45) is 0 Å². The number of unbranched alkanes of at least 4 members (excludes halogenated alkanes) is 7. The molecule has 0 spiro atoms. The van der Waals surface area contributed by atoms with Crippen LogP contribution in [0.3, 0.4) is 0 Å². The Labute approximate surface area is 300 Å². The highest BCUT2D eigenvalue weighted by atomic mass is 16.6. The van der Waals surface area contributed by atoms with Gasteiger partial charge in [-0.3, -0.25) is 34.2 Å². The lowest BCUT2D eigenvalue weighted by atomic mass is 10.0. The monoisotopic (exact) mass is 707 g/mol. The molecule has 0 saturated carbocycles. The zero-order chi connectivity index (χ0) is 36.3. The molecule has 1 saturated heterocycles. The molecule has 1 unspecified atom stereocenters. The van der Waals surface area contributed by atoms with Crippen LogP contribution < -0.4 is 15.4 Å². The summed E-state index contributed by atoms with van der Waals surface area (Å²) in [6, 6.07) is 11.9. The van der Waals surface area contributed by atoms with Crippen molar-refractivity contribution in [1.82, 2.24) is 10.2 Å². The van der Waals surface area contributed by atoms with Crippen molar-refractivity contribution >= 4 is 35.2 Å². The molecule has 12 nitrogen and oxygen atoms in total. The summed E-state index contributed by atoms with van der Waals surface area (Å²) in [7, 11) is 0. The summed E-state index contributed by atoms with van der Waals surface area (Å²) >= 11 is 0. The van der Waals surface area contributed by atoms with Gasteiger partial charge in [0.15, 0.2) is 0 Å². The number of hydrogen-bond acceptors (Lipinski definition) is 9. The van der Waals surface area contributed by atoms with Gasteiger partial charge >= 0.3 is 0 Å². The number of ether oxygens (including phenoxy) is 4. The second kappa shape index (κ2) is 21.9. The van der Waals surface area contributed by atoms with Crippen molar-refractivity contribution in [1.29, 1.82) is 0 Å². The van der Waals surface area contributed by atoms with E-state index >= 15 is 0 Å². The van der Waals surface area contributed by atoms with E-state index in [4.69, 9.17) is 18.9 Å². The van der Waals surface area contributed by atoms with E-state index in [0.29, 0.717) is 52.7 Å². The zero-order valence-corrected chi connectivity index (χ0v) is 29.9. The van der Waals surface area contributed by atoms with Gasteiger partial charge in [0.2, 0.25) is 17.7 Å². The maximum atomic E-state index is 13.2. The summed E-state index contributed by atoms with van der Waals surface area (Å²) in [6.45, 7) is 5.68. The number of nitrogens with one attached hydrogen (secondary N) is 2. The van der Waals surface area contributed by atoms with Crippen LogP contribution in [0.4, 0.5) is 5.69 Å². The van der Waals surface area contributed by atoms with Gasteiger partial charge in [0.25, 0.3) is 11.8 Å². The van der Waals surface area contributed by atoms with E-state index in [1.165, 1.54) is 50.2 Å². The summed E-state index contributed by atoms with van der Waals surface area (Å²) in [6.07, 6.45) is 11.5. The van der Waals surface area contributed by atoms with E-state index in [2.05, 4.69) is 29.7 Å². The van der Waals surface area contributed by atoms with E-state index in [9.17, 15) is 24.0 Å². The number of imide groups is 2. The van der Waals surface area contributed by atoms with Crippen molar-refractivity contribution in [2.75, 3.05) is 51.6 Å². The van der Waals surface area contributed by atoms with Gasteiger partial charge in [-0.25, -0.2) is 0 Å². The van der Waals surface area contributed by atoms with Crippen LogP contribution >= 0.6 is 0 Å². The Morgan fingerprint density at radius 3 is 2.16 bits per heavy atom. The number of benzene rings is 2. The summed E-state index contributed by atoms with van der Waals surface area (Å²) in [5, 5.41) is 4.92. The van der Waals surface area contributed by atoms with Crippen LogP contribution in [0.15, 0.2) is 42.5 Å². The van der Waals surface area contributed by atoms with E-state index in [1.54, 1.807) is 12.1 Å². The molecule has 2 aliphatic heterocycles. The number of aryl methyl sites for hydroxylation is 1. The Morgan fingerprint density at radius 1 is 0.765 bits per heavy atom. The lowest BCUT2D eigenvalue weighted by Gasteiger charge is -2.27. The van der Waals surface area contributed by atoms with Crippen LogP contribution in [0, 0.1) is 0 Å². The minimum absolute atomic E-state index is 0.0361. The Morgan fingerprint density at radius 2 is 1.43 bits per heavy atom. The number of amides is 5. The molecular weight excluding hydrogens is 654 g/mol. The minimum atomic E-state index is -1.06. The van der Waals surface area contributed by atoms with Crippen LogP contribution in [-0.2, 0) is 35.0 Å². The van der Waals surface area contributed by atoms with E-state index in [-0.39, 0.29) is 42.0 Å². The van der Waals surface area contributed by atoms with Gasteiger partial charge in [-0.2, -0.15) is 0 Å². The lowest BCUT2D eigenvalue weighted by molar-refractivity contribution is -0.136. The largest absolute Gasteiger partial charge is 0.491 e. The molecule has 278 valence electrons. The molecule has 0 aliphatic carbocycles. The van der Waals surface area contributed by atoms with Gasteiger partial charge < -0.3 is 24.3 Å². The topological polar surface area (TPSA) is 150 Å². The average Bonchev–Trinajstić information content (AvgIpc) is 3.38. The molecule has 0 aromatic heterocycles. The molecule has 1 atom stereocenters. The quantitative estimate of drug-likeness (QED) is 0.0991. The van der Waals surface area contributed by atoms with E-state index in [0.717, 1.165) is 29.9 Å². The Balaban J connectivity index is 0.966. The van der Waals surface area contributed by atoms with Gasteiger partial charge in [0, 0.05) is 19.4 Å². The van der Waals surface area contributed by atoms with Crippen LogP contribution in [0.25, 0.3) is 0 Å². The lowest BCUT2D eigenvalue weighted by Crippen LogP contribution is -2.54. The number of hydrogen-bond donors (Lipinski definition) is 2. The number of piperidine rings is 1. The third kappa shape index (κ3) is 12.9. The Kier molecular flexibility index (Phi) is 17.1. The van der Waals surface area contributed by atoms with Gasteiger partial charge in [0.1, 0.15) is 18.4 Å². The molecule has 2 aromatic carbocycles. The molecule has 2 aliphatic rings.